The van der Waals surface area contributed by atoms with Crippen LogP contribution in [0.2, 0.25) is 0 Å². The SMILES string of the molecule is Cc1c(N2CCC(CCNCCC#N)C2)ccc2c(=O)[nH]c(=O)n(C3CC3)c12. The summed E-state index contributed by atoms with van der Waals surface area (Å²) in [6, 6.07) is 6.26. The Hall–Kier alpha value is -2.59. The maximum absolute atomic E-state index is 12.4. The second kappa shape index (κ2) is 7.80. The van der Waals surface area contributed by atoms with E-state index in [2.05, 4.69) is 21.3 Å². The maximum atomic E-state index is 12.4. The zero-order valence-corrected chi connectivity index (χ0v) is 16.3. The van der Waals surface area contributed by atoms with Crippen molar-refractivity contribution < 1.29 is 0 Å². The summed E-state index contributed by atoms with van der Waals surface area (Å²) >= 11 is 0. The van der Waals surface area contributed by atoms with E-state index < -0.39 is 0 Å². The van der Waals surface area contributed by atoms with E-state index in [0.29, 0.717) is 17.7 Å². The Morgan fingerprint density at radius 3 is 2.82 bits per heavy atom. The number of hydrogen-bond donors (Lipinski definition) is 2. The quantitative estimate of drug-likeness (QED) is 0.716. The van der Waals surface area contributed by atoms with Gasteiger partial charge in [0, 0.05) is 37.8 Å². The van der Waals surface area contributed by atoms with Gasteiger partial charge in [-0.1, -0.05) is 0 Å². The number of aromatic nitrogens is 2. The summed E-state index contributed by atoms with van der Waals surface area (Å²) in [6.45, 7) is 5.71. The average Bonchev–Trinajstić information content (AvgIpc) is 3.40. The molecular formula is C21H27N5O2. The Labute approximate surface area is 164 Å². The topological polar surface area (TPSA) is 93.9 Å². The highest BCUT2D eigenvalue weighted by Crippen LogP contribution is 2.38. The molecule has 2 fully saturated rings. The number of rotatable bonds is 7. The third-order valence-corrected chi connectivity index (χ3v) is 6.01. The van der Waals surface area contributed by atoms with Crippen LogP contribution in [0.5, 0.6) is 0 Å². The minimum absolute atomic E-state index is 0.214. The molecule has 2 aromatic rings. The van der Waals surface area contributed by atoms with Crippen LogP contribution in [0.25, 0.3) is 10.9 Å². The fourth-order valence-corrected chi connectivity index (χ4v) is 4.40. The van der Waals surface area contributed by atoms with E-state index >= 15 is 0 Å². The van der Waals surface area contributed by atoms with Crippen LogP contribution < -0.4 is 21.5 Å². The predicted octanol–water partition coefficient (Wildman–Crippen LogP) is 2.05. The van der Waals surface area contributed by atoms with Gasteiger partial charge in [-0.15, -0.1) is 0 Å². The standard InChI is InChI=1S/C21H27N5O2/c1-14-18(25-12-8-15(13-25)7-11-23-10-2-9-22)6-5-17-19(14)26(16-3-4-16)21(28)24-20(17)27/h5-6,15-16,23H,2-4,7-8,10-13H2,1H3,(H,24,27,28). The van der Waals surface area contributed by atoms with Crippen LogP contribution in [-0.4, -0.2) is 35.7 Å². The monoisotopic (exact) mass is 381 g/mol. The number of anilines is 1. The Kier molecular flexibility index (Phi) is 5.23. The first kappa shape index (κ1) is 18.8. The summed E-state index contributed by atoms with van der Waals surface area (Å²) in [6.07, 6.45) is 4.78. The van der Waals surface area contributed by atoms with Crippen molar-refractivity contribution in [1.82, 2.24) is 14.9 Å². The number of fused-ring (bicyclic) bond motifs is 1. The van der Waals surface area contributed by atoms with E-state index in [1.165, 1.54) is 0 Å². The van der Waals surface area contributed by atoms with Crippen molar-refractivity contribution in [3.8, 4) is 6.07 Å². The molecule has 7 heteroatoms. The van der Waals surface area contributed by atoms with Crippen LogP contribution in [-0.2, 0) is 0 Å². The minimum atomic E-state index is -0.297. The van der Waals surface area contributed by atoms with Crippen LogP contribution in [0.3, 0.4) is 0 Å². The fraction of sp³-hybridized carbons (Fsp3) is 0.571. The molecule has 148 valence electrons. The smallest absolute Gasteiger partial charge is 0.329 e. The Morgan fingerprint density at radius 1 is 1.25 bits per heavy atom. The van der Waals surface area contributed by atoms with E-state index in [9.17, 15) is 9.59 Å². The summed E-state index contributed by atoms with van der Waals surface area (Å²) in [5, 5.41) is 12.5. The number of benzene rings is 1. The number of nitrogens with one attached hydrogen (secondary N) is 2. The van der Waals surface area contributed by atoms with Crippen LogP contribution in [0, 0.1) is 24.2 Å². The minimum Gasteiger partial charge on any atom is -0.371 e. The number of nitrogens with zero attached hydrogens (tertiary/aromatic N) is 3. The zero-order valence-electron chi connectivity index (χ0n) is 16.3. The molecule has 1 aromatic heterocycles. The first-order valence-corrected chi connectivity index (χ1v) is 10.2. The van der Waals surface area contributed by atoms with Crippen molar-refractivity contribution >= 4 is 16.6 Å². The zero-order chi connectivity index (χ0) is 19.7. The number of hydrogen-bond acceptors (Lipinski definition) is 5. The third kappa shape index (κ3) is 3.57. The predicted molar refractivity (Wildman–Crippen MR) is 110 cm³/mol. The molecule has 2 heterocycles. The molecular weight excluding hydrogens is 354 g/mol. The van der Waals surface area contributed by atoms with Gasteiger partial charge in [-0.2, -0.15) is 5.26 Å². The molecule has 0 radical (unpaired) electrons. The average molecular weight is 381 g/mol. The summed E-state index contributed by atoms with van der Waals surface area (Å²) < 4.78 is 1.79. The van der Waals surface area contributed by atoms with Crippen LogP contribution in [0.15, 0.2) is 21.7 Å². The van der Waals surface area contributed by atoms with E-state index in [4.69, 9.17) is 5.26 Å². The lowest BCUT2D eigenvalue weighted by atomic mass is 10.1. The number of H-pyrrole nitrogens is 1. The highest BCUT2D eigenvalue weighted by atomic mass is 16.2. The normalized spacial score (nSPS) is 19.3. The molecule has 2 N–H and O–H groups in total. The highest BCUT2D eigenvalue weighted by Gasteiger charge is 2.29. The lowest BCUT2D eigenvalue weighted by molar-refractivity contribution is 0.507. The largest absolute Gasteiger partial charge is 0.371 e. The first-order chi connectivity index (χ1) is 13.6. The molecule has 1 aromatic carbocycles. The molecule has 1 saturated heterocycles. The van der Waals surface area contributed by atoms with Gasteiger partial charge in [-0.3, -0.25) is 14.3 Å². The number of aryl methyl sites for hydroxylation is 1. The molecule has 1 unspecified atom stereocenters. The third-order valence-electron chi connectivity index (χ3n) is 6.01. The van der Waals surface area contributed by atoms with Gasteiger partial charge in [0.25, 0.3) is 5.56 Å². The number of aromatic amines is 1. The maximum Gasteiger partial charge on any atom is 0.329 e. The molecule has 0 bridgehead atoms. The van der Waals surface area contributed by atoms with Crippen molar-refractivity contribution in [1.29, 1.82) is 5.26 Å². The lowest BCUT2D eigenvalue weighted by Gasteiger charge is -2.23. The highest BCUT2D eigenvalue weighted by molar-refractivity contribution is 5.86. The van der Waals surface area contributed by atoms with E-state index in [1.54, 1.807) is 4.57 Å². The van der Waals surface area contributed by atoms with Gasteiger partial charge in [0.1, 0.15) is 0 Å². The molecule has 2 aliphatic rings. The van der Waals surface area contributed by atoms with Gasteiger partial charge in [-0.05, 0) is 62.8 Å². The van der Waals surface area contributed by atoms with Gasteiger partial charge in [0.2, 0.25) is 0 Å². The molecule has 0 spiro atoms. The van der Waals surface area contributed by atoms with Gasteiger partial charge in [0.15, 0.2) is 0 Å². The summed E-state index contributed by atoms with van der Waals surface area (Å²) in [5.41, 5.74) is 2.37. The Morgan fingerprint density at radius 2 is 2.07 bits per heavy atom. The van der Waals surface area contributed by atoms with Gasteiger partial charge >= 0.3 is 5.69 Å². The molecule has 0 amide bonds. The Bertz CT molecular complexity index is 1030. The van der Waals surface area contributed by atoms with Crippen LogP contribution in [0.4, 0.5) is 5.69 Å². The molecule has 4 rings (SSSR count). The molecule has 1 atom stereocenters. The van der Waals surface area contributed by atoms with E-state index in [0.717, 1.165) is 68.6 Å². The van der Waals surface area contributed by atoms with E-state index in [1.807, 2.05) is 19.1 Å². The second-order valence-corrected chi connectivity index (χ2v) is 8.01. The van der Waals surface area contributed by atoms with Crippen molar-refractivity contribution in [2.75, 3.05) is 31.1 Å². The van der Waals surface area contributed by atoms with Gasteiger partial charge in [0.05, 0.1) is 17.0 Å². The van der Waals surface area contributed by atoms with Crippen molar-refractivity contribution in [2.24, 2.45) is 5.92 Å². The van der Waals surface area contributed by atoms with Crippen LogP contribution >= 0.6 is 0 Å². The van der Waals surface area contributed by atoms with Gasteiger partial charge in [-0.25, -0.2) is 4.79 Å². The molecule has 1 aliphatic heterocycles. The van der Waals surface area contributed by atoms with Crippen molar-refractivity contribution in [2.45, 2.75) is 45.1 Å². The Balaban J connectivity index is 1.56. The lowest BCUT2D eigenvalue weighted by Crippen LogP contribution is -2.31. The first-order valence-electron chi connectivity index (χ1n) is 10.2. The summed E-state index contributed by atoms with van der Waals surface area (Å²) in [7, 11) is 0. The second-order valence-electron chi connectivity index (χ2n) is 8.01. The van der Waals surface area contributed by atoms with Crippen molar-refractivity contribution in [3.05, 3.63) is 38.5 Å². The van der Waals surface area contributed by atoms with Crippen LogP contribution in [0.1, 0.15) is 43.7 Å². The molecule has 7 nitrogen and oxygen atoms in total. The summed E-state index contributed by atoms with van der Waals surface area (Å²) in [5.74, 6) is 0.620. The fourth-order valence-electron chi connectivity index (χ4n) is 4.40. The van der Waals surface area contributed by atoms with E-state index in [-0.39, 0.29) is 17.3 Å². The number of nitriles is 1. The van der Waals surface area contributed by atoms with Crippen molar-refractivity contribution in [3.63, 3.8) is 0 Å². The van der Waals surface area contributed by atoms with Gasteiger partial charge < -0.3 is 10.2 Å². The summed E-state index contributed by atoms with van der Waals surface area (Å²) in [4.78, 5) is 29.6. The molecule has 28 heavy (non-hydrogen) atoms. The molecule has 1 aliphatic carbocycles. The molecule has 1 saturated carbocycles.